The molecule has 0 saturated carbocycles. The summed E-state index contributed by atoms with van der Waals surface area (Å²) in [6.45, 7) is 4.16. The average molecular weight is 196 g/mol. The van der Waals surface area contributed by atoms with Crippen molar-refractivity contribution >= 4 is 16.4 Å². The smallest absolute Gasteiger partial charge is 0.144 e. The van der Waals surface area contributed by atoms with Crippen molar-refractivity contribution in [3.8, 4) is 0 Å². The first-order chi connectivity index (χ1) is 7.25. The van der Waals surface area contributed by atoms with Crippen molar-refractivity contribution in [2.75, 3.05) is 0 Å². The zero-order chi connectivity index (χ0) is 10.4. The molecular formula is C13H12N2. The molecule has 0 radical (unpaired) electrons. The Labute approximate surface area is 88.2 Å². The number of imidazole rings is 1. The topological polar surface area (TPSA) is 17.3 Å². The molecule has 0 aliphatic heterocycles. The lowest BCUT2D eigenvalue weighted by Gasteiger charge is -2.03. The van der Waals surface area contributed by atoms with Crippen LogP contribution in [0.2, 0.25) is 0 Å². The standard InChI is InChI=1S/C13H12N2/c1-9-7-15-8-10(2)14-13(15)12-6-4-3-5-11(9)12/h3-8H,1-2H3. The Bertz CT molecular complexity index is 650. The second-order valence-corrected chi connectivity index (χ2v) is 3.97. The molecular weight excluding hydrogens is 184 g/mol. The SMILES string of the molecule is Cc1cn2cc(C)c3ccccc3c2n1. The van der Waals surface area contributed by atoms with Crippen LogP contribution in [0.25, 0.3) is 16.4 Å². The first-order valence-electron chi connectivity index (χ1n) is 5.09. The van der Waals surface area contributed by atoms with Crippen LogP contribution in [0.5, 0.6) is 0 Å². The third-order valence-corrected chi connectivity index (χ3v) is 2.78. The molecule has 0 spiro atoms. The summed E-state index contributed by atoms with van der Waals surface area (Å²) in [4.78, 5) is 4.55. The summed E-state index contributed by atoms with van der Waals surface area (Å²) in [5.74, 6) is 0. The van der Waals surface area contributed by atoms with Crippen LogP contribution in [-0.4, -0.2) is 9.38 Å². The van der Waals surface area contributed by atoms with E-state index in [4.69, 9.17) is 0 Å². The van der Waals surface area contributed by atoms with E-state index < -0.39 is 0 Å². The number of nitrogens with zero attached hydrogens (tertiary/aromatic N) is 2. The minimum absolute atomic E-state index is 1.05. The van der Waals surface area contributed by atoms with Gasteiger partial charge < -0.3 is 4.40 Å². The van der Waals surface area contributed by atoms with Crippen LogP contribution in [0.4, 0.5) is 0 Å². The van der Waals surface area contributed by atoms with Crippen LogP contribution in [0.1, 0.15) is 11.3 Å². The Morgan fingerprint density at radius 1 is 1.00 bits per heavy atom. The summed E-state index contributed by atoms with van der Waals surface area (Å²) in [7, 11) is 0. The zero-order valence-electron chi connectivity index (χ0n) is 8.86. The van der Waals surface area contributed by atoms with Gasteiger partial charge >= 0.3 is 0 Å². The fraction of sp³-hybridized carbons (Fsp3) is 0.154. The van der Waals surface area contributed by atoms with Gasteiger partial charge in [-0.2, -0.15) is 0 Å². The van der Waals surface area contributed by atoms with Gasteiger partial charge in [-0.1, -0.05) is 24.3 Å². The van der Waals surface area contributed by atoms with E-state index in [1.165, 1.54) is 16.3 Å². The van der Waals surface area contributed by atoms with Gasteiger partial charge in [0.15, 0.2) is 0 Å². The maximum absolute atomic E-state index is 4.55. The number of hydrogen-bond donors (Lipinski definition) is 0. The number of benzene rings is 1. The van der Waals surface area contributed by atoms with Crippen LogP contribution in [-0.2, 0) is 0 Å². The Balaban J connectivity index is 2.62. The lowest BCUT2D eigenvalue weighted by atomic mass is 10.1. The van der Waals surface area contributed by atoms with Crippen molar-refractivity contribution in [1.82, 2.24) is 9.38 Å². The zero-order valence-corrected chi connectivity index (χ0v) is 8.86. The van der Waals surface area contributed by atoms with E-state index in [-0.39, 0.29) is 0 Å². The van der Waals surface area contributed by atoms with Crippen LogP contribution in [0.3, 0.4) is 0 Å². The molecule has 0 atom stereocenters. The number of rotatable bonds is 0. The molecule has 1 aromatic carbocycles. The van der Waals surface area contributed by atoms with Gasteiger partial charge in [0.1, 0.15) is 5.65 Å². The number of aryl methyl sites for hydroxylation is 2. The Hall–Kier alpha value is -1.83. The van der Waals surface area contributed by atoms with E-state index in [9.17, 15) is 0 Å². The predicted octanol–water partition coefficient (Wildman–Crippen LogP) is 3.10. The minimum Gasteiger partial charge on any atom is -0.306 e. The quantitative estimate of drug-likeness (QED) is 0.540. The highest BCUT2D eigenvalue weighted by molar-refractivity contribution is 5.95. The molecule has 0 bridgehead atoms. The van der Waals surface area contributed by atoms with Crippen molar-refractivity contribution in [2.24, 2.45) is 0 Å². The highest BCUT2D eigenvalue weighted by atomic mass is 15.0. The molecule has 0 N–H and O–H groups in total. The summed E-state index contributed by atoms with van der Waals surface area (Å²) in [6.07, 6.45) is 4.20. The van der Waals surface area contributed by atoms with Crippen molar-refractivity contribution in [3.63, 3.8) is 0 Å². The number of pyridine rings is 1. The van der Waals surface area contributed by atoms with Gasteiger partial charge in [-0.25, -0.2) is 4.98 Å². The molecule has 3 rings (SSSR count). The van der Waals surface area contributed by atoms with Gasteiger partial charge in [0.2, 0.25) is 0 Å². The van der Waals surface area contributed by atoms with Crippen molar-refractivity contribution < 1.29 is 0 Å². The van der Waals surface area contributed by atoms with E-state index in [0.717, 1.165) is 11.3 Å². The Kier molecular flexibility index (Phi) is 1.60. The summed E-state index contributed by atoms with van der Waals surface area (Å²) >= 11 is 0. The van der Waals surface area contributed by atoms with Gasteiger partial charge in [0.25, 0.3) is 0 Å². The van der Waals surface area contributed by atoms with Crippen LogP contribution >= 0.6 is 0 Å². The Morgan fingerprint density at radius 3 is 2.53 bits per heavy atom. The average Bonchev–Trinajstić information content (AvgIpc) is 2.59. The summed E-state index contributed by atoms with van der Waals surface area (Å²) in [5, 5.41) is 2.52. The molecule has 0 aliphatic rings. The van der Waals surface area contributed by atoms with Crippen LogP contribution in [0.15, 0.2) is 36.7 Å². The lowest BCUT2D eigenvalue weighted by Crippen LogP contribution is -1.88. The molecule has 0 fully saturated rings. The van der Waals surface area contributed by atoms with Gasteiger partial charge in [-0.15, -0.1) is 0 Å². The molecule has 0 aliphatic carbocycles. The van der Waals surface area contributed by atoms with E-state index >= 15 is 0 Å². The van der Waals surface area contributed by atoms with Crippen molar-refractivity contribution in [1.29, 1.82) is 0 Å². The molecule has 2 aromatic heterocycles. The van der Waals surface area contributed by atoms with Gasteiger partial charge in [0, 0.05) is 17.8 Å². The third-order valence-electron chi connectivity index (χ3n) is 2.78. The normalized spacial score (nSPS) is 11.3. The summed E-state index contributed by atoms with van der Waals surface area (Å²) in [5.41, 5.74) is 3.40. The maximum atomic E-state index is 4.55. The van der Waals surface area contributed by atoms with Crippen LogP contribution < -0.4 is 0 Å². The summed E-state index contributed by atoms with van der Waals surface area (Å²) in [6, 6.07) is 8.41. The minimum atomic E-state index is 1.05. The number of fused-ring (bicyclic) bond motifs is 3. The predicted molar refractivity (Wildman–Crippen MR) is 62.2 cm³/mol. The molecule has 15 heavy (non-hydrogen) atoms. The molecule has 74 valence electrons. The molecule has 0 amide bonds. The highest BCUT2D eigenvalue weighted by Crippen LogP contribution is 2.22. The second kappa shape index (κ2) is 2.83. The van der Waals surface area contributed by atoms with E-state index in [2.05, 4.69) is 53.0 Å². The maximum Gasteiger partial charge on any atom is 0.144 e. The molecule has 0 saturated heterocycles. The second-order valence-electron chi connectivity index (χ2n) is 3.97. The molecule has 0 unspecified atom stereocenters. The van der Waals surface area contributed by atoms with E-state index in [0.29, 0.717) is 0 Å². The van der Waals surface area contributed by atoms with Gasteiger partial charge in [0.05, 0.1) is 5.69 Å². The molecule has 3 aromatic rings. The fourth-order valence-corrected chi connectivity index (χ4v) is 2.11. The lowest BCUT2D eigenvalue weighted by molar-refractivity contribution is 1.17. The van der Waals surface area contributed by atoms with E-state index in [1.807, 2.05) is 6.92 Å². The van der Waals surface area contributed by atoms with Crippen molar-refractivity contribution in [2.45, 2.75) is 13.8 Å². The first kappa shape index (κ1) is 8.48. The third kappa shape index (κ3) is 1.14. The molecule has 2 heterocycles. The largest absolute Gasteiger partial charge is 0.306 e. The Morgan fingerprint density at radius 2 is 1.73 bits per heavy atom. The number of aromatic nitrogens is 2. The van der Waals surface area contributed by atoms with E-state index in [1.54, 1.807) is 0 Å². The molecule has 2 nitrogen and oxygen atoms in total. The fourth-order valence-electron chi connectivity index (χ4n) is 2.11. The number of hydrogen-bond acceptors (Lipinski definition) is 1. The van der Waals surface area contributed by atoms with Crippen LogP contribution in [0, 0.1) is 13.8 Å². The summed E-state index contributed by atoms with van der Waals surface area (Å²) < 4.78 is 2.10. The highest BCUT2D eigenvalue weighted by Gasteiger charge is 2.05. The molecule has 2 heteroatoms. The van der Waals surface area contributed by atoms with Gasteiger partial charge in [-0.05, 0) is 24.8 Å². The first-order valence-corrected chi connectivity index (χ1v) is 5.09. The van der Waals surface area contributed by atoms with Gasteiger partial charge in [-0.3, -0.25) is 0 Å². The monoisotopic (exact) mass is 196 g/mol. The van der Waals surface area contributed by atoms with Crippen molar-refractivity contribution in [3.05, 3.63) is 47.9 Å².